The zero-order valence-electron chi connectivity index (χ0n) is 15.3. The van der Waals surface area contributed by atoms with Crippen molar-refractivity contribution in [2.24, 2.45) is 5.92 Å². The van der Waals surface area contributed by atoms with Crippen molar-refractivity contribution in [3.63, 3.8) is 0 Å². The quantitative estimate of drug-likeness (QED) is 0.744. The molecule has 0 fully saturated rings. The third-order valence-corrected chi connectivity index (χ3v) is 6.60. The van der Waals surface area contributed by atoms with Gasteiger partial charge in [0.1, 0.15) is 11.9 Å². The second-order valence-corrected chi connectivity index (χ2v) is 8.82. The minimum absolute atomic E-state index is 0.160. The summed E-state index contributed by atoms with van der Waals surface area (Å²) in [7, 11) is 0. The molecular formula is C23H20O3S. The van der Waals surface area contributed by atoms with Gasteiger partial charge < -0.3 is 5.11 Å². The molecule has 0 aromatic heterocycles. The van der Waals surface area contributed by atoms with Crippen molar-refractivity contribution >= 4 is 35.3 Å². The molecule has 1 aliphatic heterocycles. The fourth-order valence-corrected chi connectivity index (χ4v) is 5.32. The average molecular weight is 376 g/mol. The molecule has 2 aliphatic rings. The van der Waals surface area contributed by atoms with Crippen LogP contribution in [-0.4, -0.2) is 22.8 Å². The third-order valence-electron chi connectivity index (χ3n) is 5.52. The molecule has 4 heteroatoms. The monoisotopic (exact) mass is 376 g/mol. The Kier molecular flexibility index (Phi) is 4.33. The van der Waals surface area contributed by atoms with Gasteiger partial charge in [-0.2, -0.15) is 0 Å². The van der Waals surface area contributed by atoms with Crippen molar-refractivity contribution in [2.45, 2.75) is 30.6 Å². The predicted molar refractivity (Wildman–Crippen MR) is 110 cm³/mol. The zero-order valence-corrected chi connectivity index (χ0v) is 16.1. The van der Waals surface area contributed by atoms with Gasteiger partial charge in [-0.05, 0) is 63.6 Å². The largest absolute Gasteiger partial charge is 0.481 e. The molecule has 1 N–H and O–H groups in total. The van der Waals surface area contributed by atoms with E-state index >= 15 is 0 Å². The SMILES string of the molecule is CC1(C)CCSc2ccc(-c3ccc4c(c3)C=CC(C(=O)O)C4=C=O)cc21. The van der Waals surface area contributed by atoms with Crippen molar-refractivity contribution in [3.8, 4) is 11.1 Å². The van der Waals surface area contributed by atoms with Crippen molar-refractivity contribution in [2.75, 3.05) is 5.75 Å². The van der Waals surface area contributed by atoms with Crippen LogP contribution in [0.25, 0.3) is 22.8 Å². The fraction of sp³-hybridized carbons (Fsp3) is 0.261. The zero-order chi connectivity index (χ0) is 19.2. The molecule has 0 radical (unpaired) electrons. The Hall–Kier alpha value is -2.55. The maximum Gasteiger partial charge on any atom is 0.315 e. The summed E-state index contributed by atoms with van der Waals surface area (Å²) in [5, 5.41) is 9.31. The van der Waals surface area contributed by atoms with Gasteiger partial charge in [-0.25, -0.2) is 4.79 Å². The molecule has 1 heterocycles. The van der Waals surface area contributed by atoms with Gasteiger partial charge in [0, 0.05) is 4.90 Å². The summed E-state index contributed by atoms with van der Waals surface area (Å²) in [6.45, 7) is 4.58. The van der Waals surface area contributed by atoms with E-state index in [1.54, 1.807) is 12.2 Å². The Morgan fingerprint density at radius 1 is 1.19 bits per heavy atom. The molecule has 0 saturated carbocycles. The molecule has 3 nitrogen and oxygen atoms in total. The average Bonchev–Trinajstić information content (AvgIpc) is 2.66. The van der Waals surface area contributed by atoms with Crippen LogP contribution in [0.3, 0.4) is 0 Å². The number of carbonyl (C=O) groups is 1. The Labute approximate surface area is 162 Å². The highest BCUT2D eigenvalue weighted by Gasteiger charge is 2.29. The molecule has 27 heavy (non-hydrogen) atoms. The number of rotatable bonds is 2. The molecule has 0 saturated heterocycles. The molecule has 0 amide bonds. The lowest BCUT2D eigenvalue weighted by Gasteiger charge is -2.32. The molecule has 2 aromatic carbocycles. The van der Waals surface area contributed by atoms with E-state index in [1.807, 2.05) is 35.9 Å². The first-order valence-electron chi connectivity index (χ1n) is 8.99. The summed E-state index contributed by atoms with van der Waals surface area (Å²) in [5.41, 5.74) is 5.43. The van der Waals surface area contributed by atoms with E-state index in [-0.39, 0.29) is 11.0 Å². The van der Waals surface area contributed by atoms with Crippen LogP contribution >= 0.6 is 11.8 Å². The smallest absolute Gasteiger partial charge is 0.315 e. The van der Waals surface area contributed by atoms with Gasteiger partial charge in [0.15, 0.2) is 0 Å². The van der Waals surface area contributed by atoms with E-state index < -0.39 is 11.9 Å². The first-order chi connectivity index (χ1) is 12.9. The van der Waals surface area contributed by atoms with Gasteiger partial charge in [0.25, 0.3) is 0 Å². The molecular weight excluding hydrogens is 356 g/mol. The van der Waals surface area contributed by atoms with E-state index in [2.05, 4.69) is 32.0 Å². The van der Waals surface area contributed by atoms with E-state index in [0.717, 1.165) is 28.9 Å². The fourth-order valence-electron chi connectivity index (χ4n) is 3.83. The molecule has 0 spiro atoms. The first kappa shape index (κ1) is 17.8. The summed E-state index contributed by atoms with van der Waals surface area (Å²) in [6, 6.07) is 12.4. The normalized spacial score (nSPS) is 19.8. The maximum absolute atomic E-state index is 11.4. The van der Waals surface area contributed by atoms with Gasteiger partial charge in [0.05, 0.1) is 5.57 Å². The van der Waals surface area contributed by atoms with E-state index in [4.69, 9.17) is 0 Å². The lowest BCUT2D eigenvalue weighted by atomic mass is 9.80. The van der Waals surface area contributed by atoms with Gasteiger partial charge in [0.2, 0.25) is 0 Å². The predicted octanol–water partition coefficient (Wildman–Crippen LogP) is 5.07. The van der Waals surface area contributed by atoms with Crippen LogP contribution in [-0.2, 0) is 15.0 Å². The second kappa shape index (κ2) is 6.56. The Morgan fingerprint density at radius 3 is 2.67 bits per heavy atom. The van der Waals surface area contributed by atoms with Crippen LogP contribution in [0.15, 0.2) is 47.4 Å². The van der Waals surface area contributed by atoms with Crippen LogP contribution in [0.4, 0.5) is 0 Å². The minimum atomic E-state index is -1.03. The number of aliphatic carboxylic acids is 1. The van der Waals surface area contributed by atoms with E-state index in [9.17, 15) is 14.7 Å². The lowest BCUT2D eigenvalue weighted by Crippen LogP contribution is -2.22. The molecule has 136 valence electrons. The van der Waals surface area contributed by atoms with Crippen LogP contribution in [0.2, 0.25) is 0 Å². The van der Waals surface area contributed by atoms with Crippen molar-refractivity contribution in [1.82, 2.24) is 0 Å². The highest BCUT2D eigenvalue weighted by atomic mass is 32.2. The van der Waals surface area contributed by atoms with Crippen molar-refractivity contribution in [3.05, 3.63) is 59.2 Å². The van der Waals surface area contributed by atoms with Crippen LogP contribution in [0, 0.1) is 5.92 Å². The first-order valence-corrected chi connectivity index (χ1v) is 9.97. The van der Waals surface area contributed by atoms with Gasteiger partial charge in [-0.3, -0.25) is 4.79 Å². The second-order valence-electron chi connectivity index (χ2n) is 7.69. The number of hydrogen-bond acceptors (Lipinski definition) is 3. The standard InChI is InChI=1S/C23H20O3S/c1-23(2)9-10-27-21-8-5-15(12-20(21)23)14-3-6-17-16(11-14)4-7-18(22(25)26)19(17)13-24/h3-8,11-12,18H,9-10H2,1-2H3,(H,25,26). The summed E-state index contributed by atoms with van der Waals surface area (Å²) < 4.78 is 0. The summed E-state index contributed by atoms with van der Waals surface area (Å²) in [6.07, 6.45) is 4.50. The number of fused-ring (bicyclic) bond motifs is 2. The minimum Gasteiger partial charge on any atom is -0.481 e. The molecule has 2 aromatic rings. The summed E-state index contributed by atoms with van der Waals surface area (Å²) in [4.78, 5) is 24.1. The summed E-state index contributed by atoms with van der Waals surface area (Å²) >= 11 is 1.91. The topological polar surface area (TPSA) is 54.4 Å². The molecule has 1 atom stereocenters. The highest BCUT2D eigenvalue weighted by Crippen LogP contribution is 2.43. The summed E-state index contributed by atoms with van der Waals surface area (Å²) in [5.74, 6) is 1.02. The Bertz CT molecular complexity index is 1030. The molecule has 1 unspecified atom stereocenters. The molecule has 0 bridgehead atoms. The van der Waals surface area contributed by atoms with Crippen LogP contribution in [0.5, 0.6) is 0 Å². The van der Waals surface area contributed by atoms with Crippen molar-refractivity contribution < 1.29 is 14.7 Å². The van der Waals surface area contributed by atoms with Crippen molar-refractivity contribution in [1.29, 1.82) is 0 Å². The Morgan fingerprint density at radius 2 is 1.93 bits per heavy atom. The Balaban J connectivity index is 1.78. The number of carboxylic acid groups (broad SMARTS) is 1. The van der Waals surface area contributed by atoms with E-state index in [0.29, 0.717) is 5.56 Å². The highest BCUT2D eigenvalue weighted by molar-refractivity contribution is 7.99. The van der Waals surface area contributed by atoms with Gasteiger partial charge in [-0.15, -0.1) is 11.8 Å². The maximum atomic E-state index is 11.4. The van der Waals surface area contributed by atoms with Crippen LogP contribution in [0.1, 0.15) is 37.0 Å². The van der Waals surface area contributed by atoms with E-state index in [1.165, 1.54) is 10.5 Å². The molecule has 1 aliphatic carbocycles. The number of hydrogen-bond donors (Lipinski definition) is 1. The number of benzene rings is 2. The number of thioether (sulfide) groups is 1. The number of carboxylic acids is 1. The van der Waals surface area contributed by atoms with Gasteiger partial charge in [-0.1, -0.05) is 44.2 Å². The van der Waals surface area contributed by atoms with Gasteiger partial charge >= 0.3 is 5.97 Å². The third kappa shape index (κ3) is 3.05. The lowest BCUT2D eigenvalue weighted by molar-refractivity contribution is -0.138. The van der Waals surface area contributed by atoms with Crippen LogP contribution < -0.4 is 0 Å². The number of carbonyl (C=O) groups excluding carboxylic acids is 1. The molecule has 4 rings (SSSR count).